The zero-order valence-electron chi connectivity index (χ0n) is 16.5. The molecule has 0 saturated heterocycles. The van der Waals surface area contributed by atoms with Gasteiger partial charge in [0.1, 0.15) is 11.4 Å². The molecule has 0 spiro atoms. The SMILES string of the molecule is COc1ccccc1-c1cc[nH]c1Cc1ccc(-n2nc(C)cc2C(F)(F)F)cc1. The van der Waals surface area contributed by atoms with Gasteiger partial charge >= 0.3 is 6.18 Å². The Kier molecular flexibility index (Phi) is 5.11. The van der Waals surface area contributed by atoms with Crippen LogP contribution in [0, 0.1) is 6.92 Å². The van der Waals surface area contributed by atoms with E-state index in [1.54, 1.807) is 26.2 Å². The van der Waals surface area contributed by atoms with Gasteiger partial charge in [-0.15, -0.1) is 0 Å². The molecule has 154 valence electrons. The molecule has 2 heterocycles. The highest BCUT2D eigenvalue weighted by Gasteiger charge is 2.35. The van der Waals surface area contributed by atoms with Gasteiger partial charge in [-0.1, -0.05) is 30.3 Å². The zero-order chi connectivity index (χ0) is 21.3. The molecule has 4 nitrogen and oxygen atoms in total. The first kappa shape index (κ1) is 19.8. The number of aromatic nitrogens is 3. The normalized spacial score (nSPS) is 11.6. The van der Waals surface area contributed by atoms with Gasteiger partial charge in [-0.2, -0.15) is 18.3 Å². The van der Waals surface area contributed by atoms with Crippen molar-refractivity contribution in [3.63, 3.8) is 0 Å². The average Bonchev–Trinajstić information content (AvgIpc) is 3.35. The van der Waals surface area contributed by atoms with Crippen LogP contribution in [0.25, 0.3) is 16.8 Å². The molecule has 0 aliphatic rings. The van der Waals surface area contributed by atoms with Gasteiger partial charge in [0, 0.05) is 29.4 Å². The molecule has 0 unspecified atom stereocenters. The van der Waals surface area contributed by atoms with Crippen molar-refractivity contribution in [2.75, 3.05) is 7.11 Å². The Bertz CT molecular complexity index is 1160. The number of hydrogen-bond acceptors (Lipinski definition) is 2. The molecular formula is C23H20F3N3O. The third-order valence-electron chi connectivity index (χ3n) is 4.91. The van der Waals surface area contributed by atoms with Crippen LogP contribution in [0.4, 0.5) is 13.2 Å². The number of aromatic amines is 1. The minimum Gasteiger partial charge on any atom is -0.496 e. The van der Waals surface area contributed by atoms with Crippen molar-refractivity contribution in [2.45, 2.75) is 19.5 Å². The Labute approximate surface area is 171 Å². The van der Waals surface area contributed by atoms with E-state index in [1.165, 1.54) is 0 Å². The van der Waals surface area contributed by atoms with Crippen LogP contribution in [0.3, 0.4) is 0 Å². The first-order valence-corrected chi connectivity index (χ1v) is 9.39. The summed E-state index contributed by atoms with van der Waals surface area (Å²) >= 11 is 0. The molecule has 30 heavy (non-hydrogen) atoms. The molecule has 0 bridgehead atoms. The highest BCUT2D eigenvalue weighted by Crippen LogP contribution is 2.33. The number of methoxy groups -OCH3 is 1. The third-order valence-corrected chi connectivity index (χ3v) is 4.91. The lowest BCUT2D eigenvalue weighted by molar-refractivity contribution is -0.142. The number of ether oxygens (including phenoxy) is 1. The number of benzene rings is 2. The van der Waals surface area contributed by atoms with E-state index < -0.39 is 11.9 Å². The van der Waals surface area contributed by atoms with Gasteiger partial charge in [-0.3, -0.25) is 0 Å². The molecule has 1 N–H and O–H groups in total. The fourth-order valence-corrected chi connectivity index (χ4v) is 3.53. The van der Waals surface area contributed by atoms with E-state index in [9.17, 15) is 13.2 Å². The molecular weight excluding hydrogens is 391 g/mol. The van der Waals surface area contributed by atoms with Crippen LogP contribution >= 0.6 is 0 Å². The number of hydrogen-bond donors (Lipinski definition) is 1. The Morgan fingerprint density at radius 1 is 1.00 bits per heavy atom. The lowest BCUT2D eigenvalue weighted by Crippen LogP contribution is -2.13. The topological polar surface area (TPSA) is 42.8 Å². The fraction of sp³-hybridized carbons (Fsp3) is 0.174. The molecule has 2 aromatic heterocycles. The summed E-state index contributed by atoms with van der Waals surface area (Å²) in [6.07, 6.45) is -1.99. The highest BCUT2D eigenvalue weighted by molar-refractivity contribution is 5.73. The van der Waals surface area contributed by atoms with E-state index in [-0.39, 0.29) is 0 Å². The Balaban J connectivity index is 1.62. The number of aryl methyl sites for hydroxylation is 1. The number of alkyl halides is 3. The Morgan fingerprint density at radius 2 is 1.73 bits per heavy atom. The van der Waals surface area contributed by atoms with Gasteiger partial charge in [0.2, 0.25) is 0 Å². The standard InChI is InChI=1S/C23H20F3N3O/c1-15-13-22(23(24,25)26)29(28-15)17-9-7-16(8-10-17)14-20-18(11-12-27-20)19-5-3-4-6-21(19)30-2/h3-13,27H,14H2,1-2H3. The van der Waals surface area contributed by atoms with Crippen molar-refractivity contribution in [2.24, 2.45) is 0 Å². The van der Waals surface area contributed by atoms with Gasteiger partial charge in [0.15, 0.2) is 0 Å². The van der Waals surface area contributed by atoms with E-state index in [2.05, 4.69) is 10.1 Å². The largest absolute Gasteiger partial charge is 0.496 e. The van der Waals surface area contributed by atoms with Crippen LogP contribution < -0.4 is 4.74 Å². The summed E-state index contributed by atoms with van der Waals surface area (Å²) in [5.74, 6) is 0.780. The van der Waals surface area contributed by atoms with E-state index in [0.29, 0.717) is 17.8 Å². The second kappa shape index (κ2) is 7.74. The Morgan fingerprint density at radius 3 is 2.43 bits per heavy atom. The smallest absolute Gasteiger partial charge is 0.433 e. The van der Waals surface area contributed by atoms with E-state index in [1.807, 2.05) is 48.7 Å². The number of para-hydroxylation sites is 1. The van der Waals surface area contributed by atoms with Crippen LogP contribution in [0.15, 0.2) is 66.9 Å². The monoisotopic (exact) mass is 411 g/mol. The maximum atomic E-state index is 13.3. The van der Waals surface area contributed by atoms with E-state index >= 15 is 0 Å². The number of halogens is 3. The summed E-state index contributed by atoms with van der Waals surface area (Å²) in [5.41, 5.74) is 3.88. The first-order valence-electron chi connectivity index (χ1n) is 9.39. The van der Waals surface area contributed by atoms with Crippen LogP contribution in [0.2, 0.25) is 0 Å². The quantitative estimate of drug-likeness (QED) is 0.451. The first-order chi connectivity index (χ1) is 14.4. The van der Waals surface area contributed by atoms with Crippen molar-refractivity contribution in [3.05, 3.63) is 89.5 Å². The van der Waals surface area contributed by atoms with Crippen LogP contribution in [0.5, 0.6) is 5.75 Å². The average molecular weight is 411 g/mol. The summed E-state index contributed by atoms with van der Waals surface area (Å²) in [7, 11) is 1.64. The van der Waals surface area contributed by atoms with E-state index in [0.717, 1.165) is 38.9 Å². The van der Waals surface area contributed by atoms with Crippen molar-refractivity contribution < 1.29 is 17.9 Å². The maximum absolute atomic E-state index is 13.3. The number of nitrogens with one attached hydrogen (secondary N) is 1. The number of H-pyrrole nitrogens is 1. The predicted octanol–water partition coefficient (Wildman–Crippen LogP) is 5.79. The van der Waals surface area contributed by atoms with Crippen molar-refractivity contribution in [1.82, 2.24) is 14.8 Å². The van der Waals surface area contributed by atoms with Crippen molar-refractivity contribution >= 4 is 0 Å². The maximum Gasteiger partial charge on any atom is 0.433 e. The van der Waals surface area contributed by atoms with Crippen LogP contribution in [-0.4, -0.2) is 21.9 Å². The second-order valence-corrected chi connectivity index (χ2v) is 6.99. The van der Waals surface area contributed by atoms with Gasteiger partial charge < -0.3 is 9.72 Å². The highest BCUT2D eigenvalue weighted by atomic mass is 19.4. The summed E-state index contributed by atoms with van der Waals surface area (Å²) in [4.78, 5) is 3.26. The predicted molar refractivity (Wildman–Crippen MR) is 109 cm³/mol. The minimum absolute atomic E-state index is 0.319. The molecule has 4 aromatic rings. The molecule has 4 rings (SSSR count). The molecule has 0 atom stereocenters. The molecule has 0 fully saturated rings. The number of nitrogens with zero attached hydrogens (tertiary/aromatic N) is 2. The van der Waals surface area contributed by atoms with Gasteiger partial charge in [-0.05, 0) is 42.8 Å². The van der Waals surface area contributed by atoms with Crippen molar-refractivity contribution in [3.8, 4) is 22.6 Å². The molecule has 0 aliphatic carbocycles. The van der Waals surface area contributed by atoms with Gasteiger partial charge in [0.25, 0.3) is 0 Å². The lowest BCUT2D eigenvalue weighted by atomic mass is 10.0. The second-order valence-electron chi connectivity index (χ2n) is 6.99. The third kappa shape index (κ3) is 3.83. The fourth-order valence-electron chi connectivity index (χ4n) is 3.53. The Hall–Kier alpha value is -3.48. The summed E-state index contributed by atoms with van der Waals surface area (Å²) in [5, 5.41) is 4.00. The molecule has 0 saturated carbocycles. The van der Waals surface area contributed by atoms with Gasteiger partial charge in [0.05, 0.1) is 18.5 Å². The summed E-state index contributed by atoms with van der Waals surface area (Å²) < 4.78 is 46.2. The molecule has 2 aromatic carbocycles. The molecule has 0 aliphatic heterocycles. The van der Waals surface area contributed by atoms with Gasteiger partial charge in [-0.25, -0.2) is 4.68 Å². The number of rotatable bonds is 5. The minimum atomic E-state index is -4.46. The van der Waals surface area contributed by atoms with Crippen LogP contribution in [0.1, 0.15) is 22.6 Å². The zero-order valence-corrected chi connectivity index (χ0v) is 16.5. The van der Waals surface area contributed by atoms with E-state index in [4.69, 9.17) is 4.74 Å². The van der Waals surface area contributed by atoms with Crippen LogP contribution in [-0.2, 0) is 12.6 Å². The molecule has 7 heteroatoms. The summed E-state index contributed by atoms with van der Waals surface area (Å²) in [6.45, 7) is 1.55. The molecule has 0 amide bonds. The lowest BCUT2D eigenvalue weighted by Gasteiger charge is -2.12. The van der Waals surface area contributed by atoms with Crippen molar-refractivity contribution in [1.29, 1.82) is 0 Å². The summed E-state index contributed by atoms with van der Waals surface area (Å²) in [6, 6.07) is 17.8. The molecule has 0 radical (unpaired) electrons.